The summed E-state index contributed by atoms with van der Waals surface area (Å²) in [5, 5.41) is 3.40. The van der Waals surface area contributed by atoms with Crippen molar-refractivity contribution in [1.82, 2.24) is 10.2 Å². The molecule has 21 heavy (non-hydrogen) atoms. The van der Waals surface area contributed by atoms with Gasteiger partial charge in [0.1, 0.15) is 0 Å². The SMILES string of the molecule is CCC(C)(C(Cc1ccc(F)c(F)c1)NC)N1CCCC1. The van der Waals surface area contributed by atoms with Crippen LogP contribution in [0.15, 0.2) is 18.2 Å². The van der Waals surface area contributed by atoms with Crippen LogP contribution in [0.5, 0.6) is 0 Å². The number of likely N-dealkylation sites (N-methyl/N-ethyl adjacent to an activating group) is 1. The molecule has 1 fully saturated rings. The fraction of sp³-hybridized carbons (Fsp3) is 0.647. The molecule has 0 bridgehead atoms. The van der Waals surface area contributed by atoms with Crippen molar-refractivity contribution in [2.24, 2.45) is 0 Å². The molecule has 1 aliphatic rings. The van der Waals surface area contributed by atoms with Gasteiger partial charge in [-0.25, -0.2) is 8.78 Å². The molecule has 118 valence electrons. The average Bonchev–Trinajstić information content (AvgIpc) is 3.02. The zero-order chi connectivity index (χ0) is 15.5. The van der Waals surface area contributed by atoms with Gasteiger partial charge < -0.3 is 5.32 Å². The molecule has 2 unspecified atom stereocenters. The normalized spacial score (nSPS) is 20.4. The van der Waals surface area contributed by atoms with E-state index in [1.165, 1.54) is 25.0 Å². The number of rotatable bonds is 6. The second kappa shape index (κ2) is 6.84. The highest BCUT2D eigenvalue weighted by atomic mass is 19.2. The lowest BCUT2D eigenvalue weighted by Crippen LogP contribution is -2.58. The first-order valence-corrected chi connectivity index (χ1v) is 7.87. The molecule has 0 amide bonds. The molecule has 0 aromatic heterocycles. The van der Waals surface area contributed by atoms with Gasteiger partial charge in [-0.1, -0.05) is 13.0 Å². The minimum Gasteiger partial charge on any atom is -0.315 e. The topological polar surface area (TPSA) is 15.3 Å². The Kier molecular flexibility index (Phi) is 5.33. The Morgan fingerprint density at radius 2 is 1.90 bits per heavy atom. The van der Waals surface area contributed by atoms with Gasteiger partial charge >= 0.3 is 0 Å². The molecule has 1 aromatic carbocycles. The van der Waals surface area contributed by atoms with Crippen LogP contribution in [0.3, 0.4) is 0 Å². The number of likely N-dealkylation sites (tertiary alicyclic amines) is 1. The van der Waals surface area contributed by atoms with Crippen molar-refractivity contribution in [3.63, 3.8) is 0 Å². The molecular formula is C17H26F2N2. The third-order valence-corrected chi connectivity index (χ3v) is 5.07. The fourth-order valence-electron chi connectivity index (χ4n) is 3.45. The second-order valence-electron chi connectivity index (χ2n) is 6.20. The minimum absolute atomic E-state index is 0.0378. The molecule has 0 radical (unpaired) electrons. The van der Waals surface area contributed by atoms with E-state index < -0.39 is 11.6 Å². The maximum atomic E-state index is 13.4. The van der Waals surface area contributed by atoms with Crippen molar-refractivity contribution in [1.29, 1.82) is 0 Å². The van der Waals surface area contributed by atoms with E-state index in [1.807, 2.05) is 7.05 Å². The van der Waals surface area contributed by atoms with Crippen molar-refractivity contribution >= 4 is 0 Å². The summed E-state index contributed by atoms with van der Waals surface area (Å²) < 4.78 is 26.5. The summed E-state index contributed by atoms with van der Waals surface area (Å²) in [6, 6.07) is 4.43. The summed E-state index contributed by atoms with van der Waals surface area (Å²) in [4.78, 5) is 2.54. The summed E-state index contributed by atoms with van der Waals surface area (Å²) in [7, 11) is 1.95. The lowest BCUT2D eigenvalue weighted by Gasteiger charge is -2.44. The smallest absolute Gasteiger partial charge is 0.159 e. The first-order chi connectivity index (χ1) is 10.0. The fourth-order valence-corrected chi connectivity index (χ4v) is 3.45. The van der Waals surface area contributed by atoms with Gasteiger partial charge in [-0.05, 0) is 70.4 Å². The largest absolute Gasteiger partial charge is 0.315 e. The number of hydrogen-bond donors (Lipinski definition) is 1. The number of nitrogens with one attached hydrogen (secondary N) is 1. The first kappa shape index (κ1) is 16.4. The van der Waals surface area contributed by atoms with E-state index in [1.54, 1.807) is 6.07 Å². The molecule has 1 saturated heterocycles. The van der Waals surface area contributed by atoms with Crippen LogP contribution in [0.1, 0.15) is 38.7 Å². The molecular weight excluding hydrogens is 270 g/mol. The maximum absolute atomic E-state index is 13.4. The maximum Gasteiger partial charge on any atom is 0.159 e. The number of hydrogen-bond acceptors (Lipinski definition) is 2. The van der Waals surface area contributed by atoms with E-state index in [-0.39, 0.29) is 11.6 Å². The van der Waals surface area contributed by atoms with Gasteiger partial charge in [0.15, 0.2) is 11.6 Å². The minimum atomic E-state index is -0.780. The predicted octanol–water partition coefficient (Wildman–Crippen LogP) is 3.36. The molecule has 4 heteroatoms. The number of nitrogens with zero attached hydrogens (tertiary/aromatic N) is 1. The third-order valence-electron chi connectivity index (χ3n) is 5.07. The number of benzene rings is 1. The molecule has 0 saturated carbocycles. The summed E-state index contributed by atoms with van der Waals surface area (Å²) in [6.07, 6.45) is 4.23. The Hall–Kier alpha value is -1.00. The van der Waals surface area contributed by atoms with Gasteiger partial charge in [0, 0.05) is 11.6 Å². The van der Waals surface area contributed by atoms with Gasteiger partial charge in [-0.2, -0.15) is 0 Å². The van der Waals surface area contributed by atoms with E-state index in [2.05, 4.69) is 24.1 Å². The highest BCUT2D eigenvalue weighted by Gasteiger charge is 2.38. The van der Waals surface area contributed by atoms with Crippen LogP contribution in [0.4, 0.5) is 8.78 Å². The van der Waals surface area contributed by atoms with Crippen molar-refractivity contribution in [3.8, 4) is 0 Å². The standard InChI is InChI=1S/C17H26F2N2/c1-4-17(2,21-9-5-6-10-21)16(20-3)12-13-7-8-14(18)15(19)11-13/h7-8,11,16,20H,4-6,9-10,12H2,1-3H3. The van der Waals surface area contributed by atoms with Crippen molar-refractivity contribution in [2.75, 3.05) is 20.1 Å². The molecule has 0 aliphatic carbocycles. The molecule has 1 aliphatic heterocycles. The van der Waals surface area contributed by atoms with Crippen LogP contribution in [0, 0.1) is 11.6 Å². The van der Waals surface area contributed by atoms with Crippen LogP contribution < -0.4 is 5.32 Å². The molecule has 2 rings (SSSR count). The Morgan fingerprint density at radius 3 is 2.43 bits per heavy atom. The van der Waals surface area contributed by atoms with Gasteiger partial charge in [0.2, 0.25) is 0 Å². The first-order valence-electron chi connectivity index (χ1n) is 7.87. The molecule has 2 atom stereocenters. The zero-order valence-corrected chi connectivity index (χ0v) is 13.3. The van der Waals surface area contributed by atoms with Gasteiger partial charge in [0.25, 0.3) is 0 Å². The summed E-state index contributed by atoms with van der Waals surface area (Å²) in [5.41, 5.74) is 0.878. The van der Waals surface area contributed by atoms with E-state index >= 15 is 0 Å². The Balaban J connectivity index is 2.18. The molecule has 1 heterocycles. The monoisotopic (exact) mass is 296 g/mol. The molecule has 2 nitrogen and oxygen atoms in total. The van der Waals surface area contributed by atoms with E-state index in [0.29, 0.717) is 6.42 Å². The average molecular weight is 296 g/mol. The van der Waals surface area contributed by atoms with Gasteiger partial charge in [-0.3, -0.25) is 4.90 Å². The molecule has 0 spiro atoms. The summed E-state index contributed by atoms with van der Waals surface area (Å²) in [5.74, 6) is -1.54. The van der Waals surface area contributed by atoms with Crippen LogP contribution in [0.2, 0.25) is 0 Å². The van der Waals surface area contributed by atoms with Crippen LogP contribution in [-0.2, 0) is 6.42 Å². The van der Waals surface area contributed by atoms with E-state index in [0.717, 1.165) is 25.1 Å². The highest BCUT2D eigenvalue weighted by molar-refractivity contribution is 5.20. The van der Waals surface area contributed by atoms with E-state index in [4.69, 9.17) is 0 Å². The number of halogens is 2. The zero-order valence-electron chi connectivity index (χ0n) is 13.3. The molecule has 1 N–H and O–H groups in total. The Bertz CT molecular complexity index is 472. The lowest BCUT2D eigenvalue weighted by molar-refractivity contribution is 0.0873. The molecule has 1 aromatic rings. The van der Waals surface area contributed by atoms with Gasteiger partial charge in [-0.15, -0.1) is 0 Å². The van der Waals surface area contributed by atoms with Gasteiger partial charge in [0.05, 0.1) is 0 Å². The second-order valence-corrected chi connectivity index (χ2v) is 6.20. The van der Waals surface area contributed by atoms with Crippen LogP contribution in [-0.4, -0.2) is 36.6 Å². The van der Waals surface area contributed by atoms with Crippen molar-refractivity contribution in [2.45, 2.75) is 51.1 Å². The lowest BCUT2D eigenvalue weighted by atomic mass is 9.83. The Labute approximate surface area is 126 Å². The quantitative estimate of drug-likeness (QED) is 0.866. The third kappa shape index (κ3) is 3.43. The Morgan fingerprint density at radius 1 is 1.24 bits per heavy atom. The van der Waals surface area contributed by atoms with Crippen LogP contribution in [0.25, 0.3) is 0 Å². The highest BCUT2D eigenvalue weighted by Crippen LogP contribution is 2.29. The summed E-state index contributed by atoms with van der Waals surface area (Å²) >= 11 is 0. The van der Waals surface area contributed by atoms with E-state index in [9.17, 15) is 8.78 Å². The van der Waals surface area contributed by atoms with Crippen molar-refractivity contribution < 1.29 is 8.78 Å². The van der Waals surface area contributed by atoms with Crippen molar-refractivity contribution in [3.05, 3.63) is 35.4 Å². The predicted molar refractivity (Wildman–Crippen MR) is 82.4 cm³/mol. The summed E-state index contributed by atoms with van der Waals surface area (Å²) in [6.45, 7) is 6.73. The van der Waals surface area contributed by atoms with Crippen LogP contribution >= 0.6 is 0 Å².